The summed E-state index contributed by atoms with van der Waals surface area (Å²) in [7, 11) is 0. The minimum absolute atomic E-state index is 0.203. The summed E-state index contributed by atoms with van der Waals surface area (Å²) in [4.78, 5) is 32.1. The van der Waals surface area contributed by atoms with Crippen LogP contribution >= 0.6 is 0 Å². The third-order valence-corrected chi connectivity index (χ3v) is 13.0. The van der Waals surface area contributed by atoms with Gasteiger partial charge in [0, 0.05) is 46.7 Å². The maximum atomic E-state index is 13.7. The first-order chi connectivity index (χ1) is 31.3. The van der Waals surface area contributed by atoms with Crippen molar-refractivity contribution < 1.29 is 9.59 Å². The van der Waals surface area contributed by atoms with Gasteiger partial charge < -0.3 is 9.80 Å². The number of carbonyl (C=O) groups excluding carboxylic acids is 2. The number of rotatable bonds is 9. The zero-order chi connectivity index (χ0) is 45.6. The smallest absolute Gasteiger partial charge is 0.280 e. The van der Waals surface area contributed by atoms with Gasteiger partial charge in [-0.25, -0.2) is 0 Å². The number of carbonyl (C=O) groups is 2. The standard InChI is InChI=1S/C55H48N8O2/c1-36-44(52(64)62(58-36)42-23-19-39(33-56)20-24-42)27-29-50-54(3,4)46-11-7-9-13-48(46)60(50)32-31-38-15-17-41(18-16-38)35-61-49-14-10-8-12-47(49)55(5,6)51(61)30-28-45-37(2)59-63(53(45)65)43-25-21-40(34-57)22-26-43/h7-30H,31-32,35H2,1-6H3/b44-27+,45-28+,50-29+,51-30+. The summed E-state index contributed by atoms with van der Waals surface area (Å²) in [5, 5.41) is 30.4. The number of hydrogen-bond donors (Lipinski definition) is 0. The van der Waals surface area contributed by atoms with Crippen LogP contribution in [0.15, 0.2) is 178 Å². The molecular formula is C55H48N8O2. The van der Waals surface area contributed by atoms with Gasteiger partial charge in [0.15, 0.2) is 0 Å². The molecular weight excluding hydrogens is 805 g/mol. The van der Waals surface area contributed by atoms with E-state index in [0.29, 0.717) is 51.6 Å². The Hall–Kier alpha value is -8.08. The lowest BCUT2D eigenvalue weighted by Gasteiger charge is -2.28. The summed E-state index contributed by atoms with van der Waals surface area (Å²) in [6.07, 6.45) is 8.75. The zero-order valence-electron chi connectivity index (χ0n) is 37.4. The fourth-order valence-corrected chi connectivity index (χ4v) is 9.38. The Balaban J connectivity index is 0.942. The molecule has 0 radical (unpaired) electrons. The molecule has 0 aromatic heterocycles. The largest absolute Gasteiger partial charge is 0.344 e. The molecule has 0 spiro atoms. The van der Waals surface area contributed by atoms with Crippen LogP contribution in [0.25, 0.3) is 0 Å². The lowest BCUT2D eigenvalue weighted by Crippen LogP contribution is -2.28. The Kier molecular flexibility index (Phi) is 10.8. The summed E-state index contributed by atoms with van der Waals surface area (Å²) >= 11 is 0. The highest BCUT2D eigenvalue weighted by Gasteiger charge is 2.41. The highest BCUT2D eigenvalue weighted by atomic mass is 16.2. The van der Waals surface area contributed by atoms with Gasteiger partial charge in [-0.05, 0) is 127 Å². The number of nitrogens with zero attached hydrogens (tertiary/aromatic N) is 8. The van der Waals surface area contributed by atoms with E-state index in [1.54, 1.807) is 48.5 Å². The molecule has 4 aliphatic heterocycles. The van der Waals surface area contributed by atoms with Crippen LogP contribution in [-0.2, 0) is 33.4 Å². The van der Waals surface area contributed by atoms with Crippen LogP contribution in [0.1, 0.15) is 74.9 Å². The van der Waals surface area contributed by atoms with Gasteiger partial charge in [-0.15, -0.1) is 0 Å². The molecule has 9 rings (SSSR count). The molecule has 65 heavy (non-hydrogen) atoms. The van der Waals surface area contributed by atoms with Crippen molar-refractivity contribution >= 4 is 46.0 Å². The lowest BCUT2D eigenvalue weighted by atomic mass is 9.83. The quantitative estimate of drug-likeness (QED) is 0.136. The molecule has 0 N–H and O–H groups in total. The molecule has 0 fully saturated rings. The van der Waals surface area contributed by atoms with Crippen molar-refractivity contribution in [1.29, 1.82) is 10.5 Å². The predicted molar refractivity (Wildman–Crippen MR) is 258 cm³/mol. The van der Waals surface area contributed by atoms with Crippen LogP contribution in [0.5, 0.6) is 0 Å². The Morgan fingerprint density at radius 2 is 0.954 bits per heavy atom. The van der Waals surface area contributed by atoms with Gasteiger partial charge in [-0.2, -0.15) is 30.7 Å². The molecule has 2 amide bonds. The van der Waals surface area contributed by atoms with Crippen molar-refractivity contribution in [3.05, 3.63) is 202 Å². The van der Waals surface area contributed by atoms with Crippen LogP contribution in [0.3, 0.4) is 0 Å². The maximum absolute atomic E-state index is 13.7. The second-order valence-electron chi connectivity index (χ2n) is 17.8. The molecule has 0 saturated heterocycles. The van der Waals surface area contributed by atoms with Gasteiger partial charge in [-0.1, -0.05) is 88.4 Å². The van der Waals surface area contributed by atoms with Crippen LogP contribution in [-0.4, -0.2) is 29.8 Å². The number of nitriles is 2. The van der Waals surface area contributed by atoms with E-state index in [-0.39, 0.29) is 22.6 Å². The van der Waals surface area contributed by atoms with E-state index in [1.165, 1.54) is 26.7 Å². The van der Waals surface area contributed by atoms with Crippen molar-refractivity contribution in [2.75, 3.05) is 26.4 Å². The number of para-hydroxylation sites is 2. The molecule has 5 aromatic carbocycles. The SMILES string of the molecule is CC1=NN(c2ccc(C#N)cc2)C(=O)/C1=C/C=C1/N(CCc2ccc(CN3/C(=C/C=C4/C(=O)N(c5ccc(C#N)cc5)N=C4C)C(C)(C)c4ccccc43)cc2)c2ccccc2C1(C)C. The van der Waals surface area contributed by atoms with E-state index in [1.807, 2.05) is 26.0 Å². The Morgan fingerprint density at radius 3 is 1.42 bits per heavy atom. The van der Waals surface area contributed by atoms with Crippen LogP contribution in [0.4, 0.5) is 22.7 Å². The monoisotopic (exact) mass is 852 g/mol. The van der Waals surface area contributed by atoms with Gasteiger partial charge >= 0.3 is 0 Å². The average Bonchev–Trinajstić information content (AvgIpc) is 3.92. The van der Waals surface area contributed by atoms with E-state index in [2.05, 4.69) is 145 Å². The molecule has 4 aliphatic rings. The molecule has 0 saturated carbocycles. The summed E-state index contributed by atoms with van der Waals surface area (Å²) in [6.45, 7) is 14.0. The van der Waals surface area contributed by atoms with Crippen LogP contribution in [0.2, 0.25) is 0 Å². The third-order valence-electron chi connectivity index (χ3n) is 13.0. The van der Waals surface area contributed by atoms with Gasteiger partial charge in [0.05, 0.1) is 57.2 Å². The minimum atomic E-state index is -0.324. The molecule has 0 unspecified atom stereocenters. The van der Waals surface area contributed by atoms with E-state index in [9.17, 15) is 20.1 Å². The normalized spacial score (nSPS) is 19.6. The highest BCUT2D eigenvalue weighted by Crippen LogP contribution is 2.49. The Bertz CT molecular complexity index is 3040. The number of allylic oxidation sites excluding steroid dienone is 6. The topological polar surface area (TPSA) is 119 Å². The molecule has 0 aliphatic carbocycles. The van der Waals surface area contributed by atoms with E-state index in [4.69, 9.17) is 0 Å². The molecule has 10 nitrogen and oxygen atoms in total. The molecule has 10 heteroatoms. The van der Waals surface area contributed by atoms with Crippen molar-refractivity contribution in [3.63, 3.8) is 0 Å². The summed E-state index contributed by atoms with van der Waals surface area (Å²) in [5.74, 6) is -0.411. The molecule has 5 aromatic rings. The Labute approximate surface area is 380 Å². The second-order valence-corrected chi connectivity index (χ2v) is 17.8. The molecule has 320 valence electrons. The minimum Gasteiger partial charge on any atom is -0.344 e. The third kappa shape index (κ3) is 7.53. The van der Waals surface area contributed by atoms with Gasteiger partial charge in [0.2, 0.25) is 0 Å². The number of anilines is 4. The summed E-state index contributed by atoms with van der Waals surface area (Å²) < 4.78 is 0. The highest BCUT2D eigenvalue weighted by molar-refractivity contribution is 6.30. The number of benzene rings is 5. The number of fused-ring (bicyclic) bond motifs is 2. The van der Waals surface area contributed by atoms with Gasteiger partial charge in [-0.3, -0.25) is 9.59 Å². The first-order valence-electron chi connectivity index (χ1n) is 21.8. The lowest BCUT2D eigenvalue weighted by molar-refractivity contribution is -0.115. The van der Waals surface area contributed by atoms with Crippen molar-refractivity contribution in [1.82, 2.24) is 0 Å². The molecule has 4 heterocycles. The molecule has 0 atom stereocenters. The average molecular weight is 853 g/mol. The number of hydrogen-bond acceptors (Lipinski definition) is 8. The van der Waals surface area contributed by atoms with E-state index >= 15 is 0 Å². The van der Waals surface area contributed by atoms with Crippen LogP contribution in [0, 0.1) is 22.7 Å². The van der Waals surface area contributed by atoms with E-state index < -0.39 is 0 Å². The number of amides is 2. The van der Waals surface area contributed by atoms with Gasteiger partial charge in [0.1, 0.15) is 0 Å². The van der Waals surface area contributed by atoms with Crippen molar-refractivity contribution in [2.24, 2.45) is 10.2 Å². The first-order valence-corrected chi connectivity index (χ1v) is 21.8. The zero-order valence-corrected chi connectivity index (χ0v) is 37.4. The summed E-state index contributed by atoms with van der Waals surface area (Å²) in [6, 6.07) is 43.8. The summed E-state index contributed by atoms with van der Waals surface area (Å²) in [5.41, 5.74) is 13.3. The van der Waals surface area contributed by atoms with Crippen LogP contribution < -0.4 is 19.8 Å². The fourth-order valence-electron chi connectivity index (χ4n) is 9.38. The molecule has 0 bridgehead atoms. The van der Waals surface area contributed by atoms with Crippen molar-refractivity contribution in [2.45, 2.75) is 65.3 Å². The predicted octanol–water partition coefficient (Wildman–Crippen LogP) is 10.5. The maximum Gasteiger partial charge on any atom is 0.280 e. The van der Waals surface area contributed by atoms with E-state index in [0.717, 1.165) is 41.3 Å². The van der Waals surface area contributed by atoms with Crippen molar-refractivity contribution in [3.8, 4) is 12.1 Å². The second kappa shape index (κ2) is 16.6. The number of hydrazone groups is 2. The van der Waals surface area contributed by atoms with Gasteiger partial charge in [0.25, 0.3) is 11.8 Å². The Morgan fingerprint density at radius 1 is 0.538 bits per heavy atom. The first kappa shape index (κ1) is 42.2. The fraction of sp³-hybridized carbons (Fsp3) is 0.200.